The molecule has 0 radical (unpaired) electrons. The van der Waals surface area contributed by atoms with Crippen molar-refractivity contribution in [2.75, 3.05) is 0 Å². The zero-order valence-corrected chi connectivity index (χ0v) is 11.9. The van der Waals surface area contributed by atoms with Gasteiger partial charge in [0.15, 0.2) is 6.10 Å². The number of ether oxygens (including phenoxy) is 1. The van der Waals surface area contributed by atoms with E-state index in [4.69, 9.17) is 4.74 Å². The Morgan fingerprint density at radius 2 is 1.35 bits per heavy atom. The van der Waals surface area contributed by atoms with Crippen molar-refractivity contribution in [1.82, 2.24) is 0 Å². The molecule has 0 aliphatic heterocycles. The maximum atomic E-state index is 12.9. The van der Waals surface area contributed by atoms with E-state index >= 15 is 0 Å². The highest BCUT2D eigenvalue weighted by Gasteiger charge is 2.39. The van der Waals surface area contributed by atoms with Crippen LogP contribution in [0.4, 0.5) is 8.78 Å². The molecule has 2 nitrogen and oxygen atoms in total. The minimum absolute atomic E-state index is 0.629. The Morgan fingerprint density at radius 3 is 1.70 bits per heavy atom. The monoisotopic (exact) mass is 340 g/mol. The molecule has 20 heavy (non-hydrogen) atoms. The molecule has 5 heteroatoms. The second kappa shape index (κ2) is 6.13. The summed E-state index contributed by atoms with van der Waals surface area (Å²) in [4.78, 5) is 7.70. The molecule has 0 heterocycles. The van der Waals surface area contributed by atoms with Gasteiger partial charge in [0, 0.05) is 15.9 Å². The highest BCUT2D eigenvalue weighted by atomic mass is 79.9. The number of benzene rings is 2. The summed E-state index contributed by atoms with van der Waals surface area (Å²) in [6.45, 7) is 0. The van der Waals surface area contributed by atoms with E-state index in [0.29, 0.717) is 11.1 Å². The molecule has 0 bridgehead atoms. The number of alkyl halides is 3. The Hall–Kier alpha value is -1.75. The van der Waals surface area contributed by atoms with Crippen LogP contribution in [0.3, 0.4) is 0 Å². The largest absolute Gasteiger partial charge is 0.447 e. The molecular formula is C15H11BrF2O2. The predicted molar refractivity (Wildman–Crippen MR) is 74.7 cm³/mol. The van der Waals surface area contributed by atoms with Crippen LogP contribution in [0.5, 0.6) is 0 Å². The minimum atomic E-state index is -3.70. The third-order valence-corrected chi connectivity index (χ3v) is 2.98. The molecule has 2 aromatic rings. The zero-order chi connectivity index (χ0) is 14.6. The lowest BCUT2D eigenvalue weighted by Gasteiger charge is -2.20. The molecule has 0 saturated heterocycles. The Kier molecular flexibility index (Phi) is 4.49. The van der Waals surface area contributed by atoms with Crippen LogP contribution >= 0.6 is 15.9 Å². The van der Waals surface area contributed by atoms with Crippen molar-refractivity contribution in [1.29, 1.82) is 0 Å². The minimum Gasteiger partial charge on any atom is -0.447 e. The van der Waals surface area contributed by atoms with Crippen LogP contribution in [0.25, 0.3) is 0 Å². The molecule has 2 rings (SSSR count). The van der Waals surface area contributed by atoms with Gasteiger partial charge in [-0.3, -0.25) is 0 Å². The van der Waals surface area contributed by atoms with Crippen LogP contribution in [-0.4, -0.2) is 10.8 Å². The van der Waals surface area contributed by atoms with E-state index in [1.807, 2.05) is 15.9 Å². The molecule has 0 N–H and O–H groups in total. The summed E-state index contributed by atoms with van der Waals surface area (Å²) in [6, 6.07) is 17.5. The fourth-order valence-electron chi connectivity index (χ4n) is 1.76. The number of rotatable bonds is 4. The topological polar surface area (TPSA) is 26.3 Å². The van der Waals surface area contributed by atoms with Crippen LogP contribution < -0.4 is 0 Å². The number of esters is 1. The van der Waals surface area contributed by atoms with Crippen molar-refractivity contribution < 1.29 is 18.3 Å². The Bertz CT molecular complexity index is 528. The molecule has 0 unspecified atom stereocenters. The van der Waals surface area contributed by atoms with Gasteiger partial charge in [0.2, 0.25) is 0 Å². The third kappa shape index (κ3) is 3.63. The number of hydrogen-bond acceptors (Lipinski definition) is 2. The van der Waals surface area contributed by atoms with Crippen LogP contribution in [0.2, 0.25) is 0 Å². The Morgan fingerprint density at radius 1 is 0.950 bits per heavy atom. The second-order valence-electron chi connectivity index (χ2n) is 4.10. The number of halogens is 3. The lowest BCUT2D eigenvalue weighted by molar-refractivity contribution is -0.163. The van der Waals surface area contributed by atoms with Crippen LogP contribution in [0.15, 0.2) is 60.7 Å². The first-order valence-electron chi connectivity index (χ1n) is 5.86. The summed E-state index contributed by atoms with van der Waals surface area (Å²) in [5.41, 5.74) is 1.26. The Balaban J connectivity index is 2.34. The van der Waals surface area contributed by atoms with Gasteiger partial charge in [-0.15, -0.1) is 0 Å². The van der Waals surface area contributed by atoms with Crippen LogP contribution in [0, 0.1) is 0 Å². The lowest BCUT2D eigenvalue weighted by atomic mass is 10.0. The number of carbonyl (C=O) groups excluding carboxylic acids is 1. The Labute approximate surface area is 123 Å². The van der Waals surface area contributed by atoms with Crippen molar-refractivity contribution in [3.63, 3.8) is 0 Å². The smallest absolute Gasteiger partial charge is 0.396 e. The maximum absolute atomic E-state index is 12.9. The summed E-state index contributed by atoms with van der Waals surface area (Å²) < 4.78 is 30.9. The molecule has 0 aliphatic rings. The molecule has 0 spiro atoms. The standard InChI is InChI=1S/C15H11BrF2O2/c16-15(17,18)14(19)20-13(11-7-3-1-4-8-11)12-9-5-2-6-10-12/h1-10,13H. The molecule has 0 saturated carbocycles. The van der Waals surface area contributed by atoms with E-state index in [-0.39, 0.29) is 0 Å². The van der Waals surface area contributed by atoms with E-state index in [2.05, 4.69) is 0 Å². The number of carbonyl (C=O) groups is 1. The summed E-state index contributed by atoms with van der Waals surface area (Å²) in [5.74, 6) is -1.62. The fraction of sp³-hybridized carbons (Fsp3) is 0.133. The molecule has 0 aromatic heterocycles. The SMILES string of the molecule is O=C(OC(c1ccccc1)c1ccccc1)C(F)(F)Br. The van der Waals surface area contributed by atoms with Gasteiger partial charge in [-0.05, 0) is 11.1 Å². The van der Waals surface area contributed by atoms with Gasteiger partial charge in [0.1, 0.15) is 0 Å². The summed E-state index contributed by atoms with van der Waals surface area (Å²) in [5, 5.41) is 0. The molecule has 0 atom stereocenters. The van der Waals surface area contributed by atoms with Crippen molar-refractivity contribution in [3.8, 4) is 0 Å². The highest BCUT2D eigenvalue weighted by molar-refractivity contribution is 9.10. The van der Waals surface area contributed by atoms with E-state index in [1.165, 1.54) is 0 Å². The normalized spacial score (nSPS) is 11.4. The number of hydrogen-bond donors (Lipinski definition) is 0. The van der Waals surface area contributed by atoms with Gasteiger partial charge in [0.05, 0.1) is 0 Å². The van der Waals surface area contributed by atoms with E-state index in [1.54, 1.807) is 60.7 Å². The maximum Gasteiger partial charge on any atom is 0.396 e. The second-order valence-corrected chi connectivity index (χ2v) is 5.10. The van der Waals surface area contributed by atoms with Crippen LogP contribution in [0.1, 0.15) is 17.2 Å². The van der Waals surface area contributed by atoms with Gasteiger partial charge in [-0.2, -0.15) is 8.78 Å². The third-order valence-electron chi connectivity index (χ3n) is 2.66. The summed E-state index contributed by atoms with van der Waals surface area (Å²) >= 11 is 2.01. The predicted octanol–water partition coefficient (Wildman–Crippen LogP) is 4.31. The van der Waals surface area contributed by atoms with Gasteiger partial charge in [0.25, 0.3) is 0 Å². The first-order valence-corrected chi connectivity index (χ1v) is 6.65. The first-order chi connectivity index (χ1) is 9.48. The quantitative estimate of drug-likeness (QED) is 0.612. The van der Waals surface area contributed by atoms with Crippen molar-refractivity contribution >= 4 is 21.9 Å². The highest BCUT2D eigenvalue weighted by Crippen LogP contribution is 2.31. The van der Waals surface area contributed by atoms with Crippen molar-refractivity contribution in [2.24, 2.45) is 0 Å². The van der Waals surface area contributed by atoms with E-state index < -0.39 is 16.9 Å². The molecule has 0 amide bonds. The molecular weight excluding hydrogens is 330 g/mol. The molecule has 2 aromatic carbocycles. The lowest BCUT2D eigenvalue weighted by Crippen LogP contribution is -2.26. The van der Waals surface area contributed by atoms with Crippen molar-refractivity contribution in [3.05, 3.63) is 71.8 Å². The fourth-order valence-corrected chi connectivity index (χ4v) is 1.85. The van der Waals surface area contributed by atoms with Gasteiger partial charge in [-0.25, -0.2) is 4.79 Å². The van der Waals surface area contributed by atoms with Crippen molar-refractivity contribution in [2.45, 2.75) is 10.9 Å². The van der Waals surface area contributed by atoms with Gasteiger partial charge < -0.3 is 4.74 Å². The summed E-state index contributed by atoms with van der Waals surface area (Å²) in [6.07, 6.45) is -0.867. The molecule has 0 fully saturated rings. The van der Waals surface area contributed by atoms with Crippen LogP contribution in [-0.2, 0) is 9.53 Å². The van der Waals surface area contributed by atoms with Gasteiger partial charge >= 0.3 is 10.8 Å². The first kappa shape index (κ1) is 14.7. The average Bonchev–Trinajstić information content (AvgIpc) is 2.45. The average molecular weight is 341 g/mol. The zero-order valence-electron chi connectivity index (χ0n) is 10.3. The van der Waals surface area contributed by atoms with E-state index in [0.717, 1.165) is 0 Å². The molecule has 104 valence electrons. The van der Waals surface area contributed by atoms with Gasteiger partial charge in [-0.1, -0.05) is 60.7 Å². The molecule has 0 aliphatic carbocycles. The van der Waals surface area contributed by atoms with E-state index in [9.17, 15) is 13.6 Å². The summed E-state index contributed by atoms with van der Waals surface area (Å²) in [7, 11) is 0.